The molecule has 3 heterocycles. The van der Waals surface area contributed by atoms with E-state index in [9.17, 15) is 22.8 Å². The van der Waals surface area contributed by atoms with Gasteiger partial charge in [-0.05, 0) is 38.0 Å². The minimum Gasteiger partial charge on any atom is -0.483 e. The molecule has 17 heteroatoms. The monoisotopic (exact) mass is 607 g/mol. The van der Waals surface area contributed by atoms with Crippen molar-refractivity contribution < 1.29 is 32.7 Å². The highest BCUT2D eigenvalue weighted by Crippen LogP contribution is 2.36. The summed E-state index contributed by atoms with van der Waals surface area (Å²) in [4.78, 5) is 41.9. The lowest BCUT2D eigenvalue weighted by Crippen LogP contribution is -2.54. The van der Waals surface area contributed by atoms with Crippen molar-refractivity contribution in [1.82, 2.24) is 35.2 Å². The number of hydrogen-bond acceptors (Lipinski definition) is 8. The van der Waals surface area contributed by atoms with Crippen LogP contribution in [0.15, 0.2) is 43.0 Å². The zero-order valence-electron chi connectivity index (χ0n) is 21.8. The van der Waals surface area contributed by atoms with Gasteiger partial charge < -0.3 is 26.8 Å². The van der Waals surface area contributed by atoms with Crippen LogP contribution in [0.4, 0.5) is 24.7 Å². The summed E-state index contributed by atoms with van der Waals surface area (Å²) in [5.74, 6) is -0.598. The third-order valence-corrected chi connectivity index (χ3v) is 6.68. The van der Waals surface area contributed by atoms with Gasteiger partial charge in [0.05, 0.1) is 34.2 Å². The van der Waals surface area contributed by atoms with Crippen LogP contribution < -0.4 is 21.7 Å². The maximum absolute atomic E-state index is 13.4. The summed E-state index contributed by atoms with van der Waals surface area (Å²) in [6.07, 6.45) is 2.03. The number of nitrogens with one attached hydrogen (secondary N) is 4. The number of imidazole rings is 1. The number of amides is 2. The van der Waals surface area contributed by atoms with E-state index >= 15 is 0 Å². The fourth-order valence-corrected chi connectivity index (χ4v) is 4.53. The second-order valence-corrected chi connectivity index (χ2v) is 9.73. The maximum atomic E-state index is 13.4. The second-order valence-electron chi connectivity index (χ2n) is 9.33. The van der Waals surface area contributed by atoms with E-state index in [2.05, 4.69) is 31.0 Å². The van der Waals surface area contributed by atoms with Crippen LogP contribution in [0.3, 0.4) is 0 Å². The molecule has 5 rings (SSSR count). The van der Waals surface area contributed by atoms with E-state index in [1.165, 1.54) is 35.1 Å². The third kappa shape index (κ3) is 6.60. The quantitative estimate of drug-likeness (QED) is 0.171. The zero-order valence-corrected chi connectivity index (χ0v) is 22.6. The van der Waals surface area contributed by atoms with Gasteiger partial charge in [0, 0.05) is 30.2 Å². The number of halogens is 4. The third-order valence-electron chi connectivity index (χ3n) is 6.37. The highest BCUT2D eigenvalue weighted by molar-refractivity contribution is 6.34. The molecule has 0 saturated heterocycles. The Morgan fingerprint density at radius 1 is 1.26 bits per heavy atom. The average molecular weight is 608 g/mol. The Hall–Kier alpha value is -4.70. The summed E-state index contributed by atoms with van der Waals surface area (Å²) in [5, 5.41) is 21.0. The average Bonchev–Trinajstić information content (AvgIpc) is 3.56. The molecule has 0 radical (unpaired) electrons. The van der Waals surface area contributed by atoms with Crippen LogP contribution in [0.2, 0.25) is 5.02 Å². The van der Waals surface area contributed by atoms with Gasteiger partial charge in [-0.3, -0.25) is 23.9 Å². The molecule has 0 spiro atoms. The largest absolute Gasteiger partial charge is 0.483 e. The van der Waals surface area contributed by atoms with E-state index in [1.54, 1.807) is 13.0 Å². The topological polar surface area (TPSA) is 192 Å². The molecule has 3 aromatic heterocycles. The van der Waals surface area contributed by atoms with Gasteiger partial charge in [0.2, 0.25) is 5.91 Å². The van der Waals surface area contributed by atoms with E-state index in [-0.39, 0.29) is 57.8 Å². The molecule has 42 heavy (non-hydrogen) atoms. The van der Waals surface area contributed by atoms with E-state index in [0.717, 1.165) is 6.20 Å². The van der Waals surface area contributed by atoms with Crippen LogP contribution in [0, 0.1) is 0 Å². The molecule has 2 amide bonds. The van der Waals surface area contributed by atoms with Gasteiger partial charge >= 0.3 is 6.18 Å². The van der Waals surface area contributed by atoms with Gasteiger partial charge in [0.1, 0.15) is 11.7 Å². The van der Waals surface area contributed by atoms with Gasteiger partial charge in [-0.25, -0.2) is 9.97 Å². The molecular formula is C25H25ClF3N9O4. The van der Waals surface area contributed by atoms with Gasteiger partial charge in [0.25, 0.3) is 12.4 Å². The molecule has 7 N–H and O–H groups in total. The lowest BCUT2D eigenvalue weighted by molar-refractivity contribution is -0.140. The summed E-state index contributed by atoms with van der Waals surface area (Å²) in [6.45, 7) is 1.32. The van der Waals surface area contributed by atoms with Crippen LogP contribution in [0.1, 0.15) is 35.8 Å². The summed E-state index contributed by atoms with van der Waals surface area (Å²) >= 11 is 6.36. The lowest BCUT2D eigenvalue weighted by Gasteiger charge is -2.33. The Morgan fingerprint density at radius 2 is 1.98 bits per heavy atom. The van der Waals surface area contributed by atoms with Crippen molar-refractivity contribution in [2.45, 2.75) is 44.1 Å². The number of carboxylic acid groups (broad SMARTS) is 1. The van der Waals surface area contributed by atoms with E-state index in [4.69, 9.17) is 27.2 Å². The number of alkyl halides is 3. The number of anilines is 2. The summed E-state index contributed by atoms with van der Waals surface area (Å²) in [6, 6.07) is 3.86. The molecule has 13 nitrogen and oxygen atoms in total. The standard InChI is InChI=1S/C24H23ClF3N9O2.CH2O2/c1-11(22(38)35-14-6-12(29)7-14)33-23(39)15-3-2-13(8-17(15)25)34-20-21-31-10-18(37(21)5-4-30-20)16-9-32-36-19(16)24(26,27)28;2-1-3/h2-5,8-12,14H,6-7,29H2,1H3,(H,30,34)(H,32,36)(H,33,39)(H,35,38);1H,(H,2,3)/t11-,12?,14?;/m1./s1. The molecule has 0 bridgehead atoms. The Labute approximate surface area is 240 Å². The second kappa shape index (κ2) is 12.4. The predicted molar refractivity (Wildman–Crippen MR) is 145 cm³/mol. The molecule has 222 valence electrons. The fourth-order valence-electron chi connectivity index (χ4n) is 4.26. The molecule has 1 saturated carbocycles. The smallest absolute Gasteiger partial charge is 0.433 e. The molecule has 1 aliphatic rings. The molecule has 0 unspecified atom stereocenters. The number of carbonyl (C=O) groups excluding carboxylic acids is 2. The molecule has 0 aliphatic heterocycles. The van der Waals surface area contributed by atoms with Crippen molar-refractivity contribution in [3.05, 3.63) is 59.3 Å². The van der Waals surface area contributed by atoms with Crippen LogP contribution in [0.25, 0.3) is 16.9 Å². The van der Waals surface area contributed by atoms with E-state index in [0.29, 0.717) is 18.5 Å². The first-order chi connectivity index (χ1) is 19.9. The first kappa shape index (κ1) is 30.3. The summed E-state index contributed by atoms with van der Waals surface area (Å²) < 4.78 is 41.5. The van der Waals surface area contributed by atoms with Crippen LogP contribution >= 0.6 is 11.6 Å². The lowest BCUT2D eigenvalue weighted by atomic mass is 9.87. The van der Waals surface area contributed by atoms with Gasteiger partial charge in [-0.2, -0.15) is 18.3 Å². The number of aromatic nitrogens is 5. The van der Waals surface area contributed by atoms with Gasteiger partial charge in [-0.1, -0.05) is 11.6 Å². The van der Waals surface area contributed by atoms with Gasteiger partial charge in [-0.15, -0.1) is 0 Å². The van der Waals surface area contributed by atoms with Crippen LogP contribution in [-0.2, 0) is 15.8 Å². The summed E-state index contributed by atoms with van der Waals surface area (Å²) in [7, 11) is 0. The highest BCUT2D eigenvalue weighted by atomic mass is 35.5. The molecule has 1 aromatic carbocycles. The number of nitrogens with two attached hydrogens (primary N) is 1. The molecule has 4 aromatic rings. The first-order valence-electron chi connectivity index (χ1n) is 12.4. The number of nitrogens with zero attached hydrogens (tertiary/aromatic N) is 4. The van der Waals surface area contributed by atoms with Crippen molar-refractivity contribution in [2.75, 3.05) is 5.32 Å². The Morgan fingerprint density at radius 3 is 2.62 bits per heavy atom. The van der Waals surface area contributed by atoms with Crippen LogP contribution in [-0.4, -0.2) is 66.1 Å². The number of rotatable bonds is 7. The maximum Gasteiger partial charge on any atom is 0.433 e. The molecular weight excluding hydrogens is 583 g/mol. The number of aromatic amines is 1. The number of benzene rings is 1. The number of H-pyrrole nitrogens is 1. The Kier molecular flexibility index (Phi) is 8.96. The fraction of sp³-hybridized carbons (Fsp3) is 0.280. The van der Waals surface area contributed by atoms with Crippen molar-refractivity contribution in [2.24, 2.45) is 5.73 Å². The van der Waals surface area contributed by atoms with E-state index in [1.807, 2.05) is 5.10 Å². The Balaban J connectivity index is 0.00000129. The number of hydrogen-bond donors (Lipinski definition) is 6. The van der Waals surface area contributed by atoms with Crippen molar-refractivity contribution in [3.8, 4) is 11.3 Å². The van der Waals surface area contributed by atoms with Crippen molar-refractivity contribution in [1.29, 1.82) is 0 Å². The van der Waals surface area contributed by atoms with Crippen molar-refractivity contribution >= 4 is 47.0 Å². The number of carbonyl (C=O) groups is 3. The minimum absolute atomic E-state index is 0.0106. The molecule has 1 fully saturated rings. The molecule has 1 aliphatic carbocycles. The number of fused-ring (bicyclic) bond motifs is 1. The predicted octanol–water partition coefficient (Wildman–Crippen LogP) is 2.96. The van der Waals surface area contributed by atoms with Gasteiger partial charge in [0.15, 0.2) is 11.5 Å². The SMILES string of the molecule is C[C@@H](NC(=O)c1ccc(Nc2nccn3c(-c4cn[nH]c4C(F)(F)F)cnc23)cc1Cl)C(=O)NC1CC(N)C1.O=CO. The van der Waals surface area contributed by atoms with Crippen molar-refractivity contribution in [3.63, 3.8) is 0 Å². The minimum atomic E-state index is -4.62. The summed E-state index contributed by atoms with van der Waals surface area (Å²) in [5.41, 5.74) is 5.61. The Bertz CT molecular complexity index is 1600. The first-order valence-corrected chi connectivity index (χ1v) is 12.7. The zero-order chi connectivity index (χ0) is 30.6. The highest BCUT2D eigenvalue weighted by Gasteiger charge is 2.36. The van der Waals surface area contributed by atoms with Crippen LogP contribution in [0.5, 0.6) is 0 Å². The molecule has 1 atom stereocenters. The normalized spacial score (nSPS) is 16.9. The van der Waals surface area contributed by atoms with E-state index < -0.39 is 23.8 Å².